The van der Waals surface area contributed by atoms with Crippen molar-refractivity contribution in [3.63, 3.8) is 0 Å². The van der Waals surface area contributed by atoms with Crippen molar-refractivity contribution in [2.75, 3.05) is 0 Å². The van der Waals surface area contributed by atoms with Gasteiger partial charge in [0.2, 0.25) is 0 Å². The van der Waals surface area contributed by atoms with E-state index < -0.39 is 24.1 Å². The molecule has 2 atom stereocenters. The third-order valence-electron chi connectivity index (χ3n) is 0.715. The van der Waals surface area contributed by atoms with E-state index in [-0.39, 0.29) is 29.5 Å². The topological polar surface area (TPSA) is 115 Å². The van der Waals surface area contributed by atoms with E-state index in [0.717, 1.165) is 0 Å². The predicted octanol–water partition coefficient (Wildman–Crippen LogP) is -0.677. The largest absolute Gasteiger partial charge is 0.479 e. The van der Waals surface area contributed by atoms with Gasteiger partial charge in [-0.05, 0) is 13.8 Å². The molecule has 2 unspecified atom stereocenters. The van der Waals surface area contributed by atoms with Crippen LogP contribution in [-0.2, 0) is 26.7 Å². The monoisotopic (exact) mass is 279 g/mol. The van der Waals surface area contributed by atoms with Gasteiger partial charge in [-0.25, -0.2) is 9.59 Å². The molecule has 0 aromatic rings. The van der Waals surface area contributed by atoms with Crippen molar-refractivity contribution in [2.24, 2.45) is 0 Å². The molecule has 0 spiro atoms. The Kier molecular flexibility index (Phi) is 21.2. The van der Waals surface area contributed by atoms with Gasteiger partial charge in [-0.2, -0.15) is 0 Å². The molecule has 0 heterocycles. The van der Waals surface area contributed by atoms with Crippen molar-refractivity contribution in [3.05, 3.63) is 0 Å². The minimum atomic E-state index is -1.23. The van der Waals surface area contributed by atoms with Crippen molar-refractivity contribution < 1.29 is 47.1 Å². The van der Waals surface area contributed by atoms with Crippen molar-refractivity contribution >= 4 is 24.3 Å². The Morgan fingerprint density at radius 1 is 0.929 bits per heavy atom. The third-order valence-corrected chi connectivity index (χ3v) is 0.715. The van der Waals surface area contributed by atoms with Gasteiger partial charge in [0.25, 0.3) is 0 Å². The molecule has 6 nitrogen and oxygen atoms in total. The molecule has 0 aliphatic carbocycles. The minimum absolute atomic E-state index is 0. The average molecular weight is 280 g/mol. The molecule has 0 fully saturated rings. The van der Waals surface area contributed by atoms with E-state index in [1.807, 2.05) is 0 Å². The molecular weight excluding hydrogens is 267 g/mol. The van der Waals surface area contributed by atoms with Crippen LogP contribution in [0.25, 0.3) is 0 Å². The fraction of sp³-hybridized carbons (Fsp3) is 0.667. The summed E-state index contributed by atoms with van der Waals surface area (Å²) in [5.41, 5.74) is 0. The van der Waals surface area contributed by atoms with Crippen molar-refractivity contribution in [1.82, 2.24) is 0 Å². The van der Waals surface area contributed by atoms with E-state index in [1.54, 1.807) is 0 Å². The van der Waals surface area contributed by atoms with Crippen molar-refractivity contribution in [2.45, 2.75) is 26.1 Å². The number of hydrogen-bond acceptors (Lipinski definition) is 4. The molecule has 0 saturated heterocycles. The summed E-state index contributed by atoms with van der Waals surface area (Å²) in [6.07, 6.45) is -2.46. The third kappa shape index (κ3) is 22.6. The molecule has 4 N–H and O–H groups in total. The molecule has 14 heavy (non-hydrogen) atoms. The van der Waals surface area contributed by atoms with Crippen LogP contribution in [0.1, 0.15) is 13.8 Å². The number of aliphatic hydroxyl groups excluding tert-OH is 2. The summed E-state index contributed by atoms with van der Waals surface area (Å²) >= 11 is 0. The first-order chi connectivity index (χ1) is 5.29. The molecular formula is C6H13ClCuO6. The van der Waals surface area contributed by atoms with Crippen LogP contribution in [0.2, 0.25) is 0 Å². The Labute approximate surface area is 97.8 Å². The van der Waals surface area contributed by atoms with Gasteiger partial charge in [0.15, 0.2) is 0 Å². The van der Waals surface area contributed by atoms with Gasteiger partial charge in [0.1, 0.15) is 12.2 Å². The van der Waals surface area contributed by atoms with Crippen molar-refractivity contribution in [1.29, 1.82) is 0 Å². The van der Waals surface area contributed by atoms with E-state index in [1.165, 1.54) is 13.8 Å². The van der Waals surface area contributed by atoms with E-state index in [4.69, 9.17) is 20.4 Å². The zero-order chi connectivity index (χ0) is 10.3. The van der Waals surface area contributed by atoms with Gasteiger partial charge < -0.3 is 20.4 Å². The maximum atomic E-state index is 9.45. The van der Waals surface area contributed by atoms with Gasteiger partial charge >= 0.3 is 11.9 Å². The summed E-state index contributed by atoms with van der Waals surface area (Å²) in [6.45, 7) is 2.39. The molecule has 0 aliphatic heterocycles. The Morgan fingerprint density at radius 3 is 1.00 bits per heavy atom. The second kappa shape index (κ2) is 12.7. The quantitative estimate of drug-likeness (QED) is 0.498. The fourth-order valence-electron chi connectivity index (χ4n) is 0. The van der Waals surface area contributed by atoms with Crippen LogP contribution in [0, 0.1) is 0 Å². The van der Waals surface area contributed by atoms with Gasteiger partial charge in [-0.1, -0.05) is 0 Å². The second-order valence-electron chi connectivity index (χ2n) is 2.03. The standard InChI is InChI=1S/2C3H6O3.ClH.Cu/c2*1-2(4)3(5)6;;/h2*2,4H,1H3,(H,5,6);1H;. The maximum Gasteiger partial charge on any atom is 0.332 e. The Bertz CT molecular complexity index is 142. The first-order valence-corrected chi connectivity index (χ1v) is 3.10. The number of carboxylic acid groups (broad SMARTS) is 2. The van der Waals surface area contributed by atoms with Crippen LogP contribution in [0.5, 0.6) is 0 Å². The van der Waals surface area contributed by atoms with E-state index >= 15 is 0 Å². The molecule has 0 aromatic heterocycles. The number of hydrogen-bond donors (Lipinski definition) is 4. The number of halogens is 1. The molecule has 0 rings (SSSR count). The molecule has 0 amide bonds. The predicted molar refractivity (Wildman–Crippen MR) is 45.9 cm³/mol. The summed E-state index contributed by atoms with van der Waals surface area (Å²) in [7, 11) is 0. The smallest absolute Gasteiger partial charge is 0.332 e. The molecule has 0 aromatic carbocycles. The average Bonchev–Trinajstić information content (AvgIpc) is 1.88. The number of aliphatic carboxylic acids is 2. The number of aliphatic hydroxyl groups is 2. The summed E-state index contributed by atoms with van der Waals surface area (Å²) in [5, 5.41) is 31.5. The molecule has 8 heteroatoms. The summed E-state index contributed by atoms with van der Waals surface area (Å²) in [4.78, 5) is 18.9. The number of carboxylic acids is 2. The fourth-order valence-corrected chi connectivity index (χ4v) is 0. The summed E-state index contributed by atoms with van der Waals surface area (Å²) in [6, 6.07) is 0. The van der Waals surface area contributed by atoms with E-state index in [9.17, 15) is 9.59 Å². The van der Waals surface area contributed by atoms with Crippen LogP contribution in [0.15, 0.2) is 0 Å². The minimum Gasteiger partial charge on any atom is -0.479 e. The second-order valence-corrected chi connectivity index (χ2v) is 2.03. The summed E-state index contributed by atoms with van der Waals surface area (Å²) in [5.74, 6) is -2.37. The van der Waals surface area contributed by atoms with Crippen LogP contribution in [0.4, 0.5) is 0 Å². The molecule has 0 bridgehead atoms. The van der Waals surface area contributed by atoms with Crippen LogP contribution in [-0.4, -0.2) is 44.6 Å². The van der Waals surface area contributed by atoms with Gasteiger partial charge in [-0.3, -0.25) is 0 Å². The Hall–Kier alpha value is -0.331. The SMILES string of the molecule is CC(O)C(=O)O.CC(O)C(=O)O.Cl.[Cu]. The normalized spacial score (nSPS) is 11.7. The van der Waals surface area contributed by atoms with E-state index in [0.29, 0.717) is 0 Å². The Morgan fingerprint density at radius 2 is 1.00 bits per heavy atom. The molecule has 91 valence electrons. The van der Waals surface area contributed by atoms with Gasteiger partial charge in [-0.15, -0.1) is 12.4 Å². The first kappa shape index (κ1) is 23.5. The van der Waals surface area contributed by atoms with Crippen LogP contribution in [0.3, 0.4) is 0 Å². The number of carbonyl (C=O) groups is 2. The maximum absolute atomic E-state index is 9.45. The van der Waals surface area contributed by atoms with E-state index in [2.05, 4.69) is 0 Å². The number of rotatable bonds is 2. The van der Waals surface area contributed by atoms with Crippen molar-refractivity contribution in [3.8, 4) is 0 Å². The van der Waals surface area contributed by atoms with Gasteiger partial charge in [0.05, 0.1) is 0 Å². The van der Waals surface area contributed by atoms with Crippen LogP contribution >= 0.6 is 12.4 Å². The Balaban J connectivity index is -0.0000000625. The zero-order valence-electron chi connectivity index (χ0n) is 7.47. The molecule has 0 saturated carbocycles. The zero-order valence-corrected chi connectivity index (χ0v) is 9.23. The van der Waals surface area contributed by atoms with Gasteiger partial charge in [0, 0.05) is 17.1 Å². The first-order valence-electron chi connectivity index (χ1n) is 3.10. The van der Waals surface area contributed by atoms with Crippen LogP contribution < -0.4 is 0 Å². The molecule has 0 aliphatic rings. The summed E-state index contributed by atoms with van der Waals surface area (Å²) < 4.78 is 0. The molecule has 1 radical (unpaired) electrons.